The zero-order valence-electron chi connectivity index (χ0n) is 8.70. The van der Waals surface area contributed by atoms with Crippen molar-refractivity contribution in [1.82, 2.24) is 4.98 Å². The molecule has 0 aliphatic heterocycles. The zero-order valence-corrected chi connectivity index (χ0v) is 10.3. The Morgan fingerprint density at radius 2 is 2.44 bits per heavy atom. The quantitative estimate of drug-likeness (QED) is 0.613. The maximum Gasteiger partial charge on any atom is 0.317 e. The lowest BCUT2D eigenvalue weighted by Gasteiger charge is -2.05. The van der Waals surface area contributed by atoms with Crippen molar-refractivity contribution >= 4 is 27.7 Å². The van der Waals surface area contributed by atoms with Gasteiger partial charge in [0.1, 0.15) is 5.92 Å². The van der Waals surface area contributed by atoms with Crippen molar-refractivity contribution in [3.8, 4) is 0 Å². The molecule has 84 valence electrons. The maximum atomic E-state index is 11.9. The van der Waals surface area contributed by atoms with Crippen LogP contribution in [0.2, 0.25) is 0 Å². The van der Waals surface area contributed by atoms with E-state index in [1.807, 2.05) is 0 Å². The number of Topliss-reactive ketones (excluding diaryl/α,β-unsaturated/α-hetero) is 1. The minimum absolute atomic E-state index is 0.192. The fourth-order valence-corrected chi connectivity index (χ4v) is 2.08. The first-order valence-corrected chi connectivity index (χ1v) is 5.78. The molecule has 5 heteroatoms. The topological polar surface area (TPSA) is 56.3 Å². The van der Waals surface area contributed by atoms with Gasteiger partial charge < -0.3 is 4.74 Å². The normalized spacial score (nSPS) is 18.4. The summed E-state index contributed by atoms with van der Waals surface area (Å²) in [7, 11) is 0. The number of ether oxygens (including phenoxy) is 1. The number of hydrogen-bond acceptors (Lipinski definition) is 4. The van der Waals surface area contributed by atoms with Gasteiger partial charge in [0.25, 0.3) is 0 Å². The van der Waals surface area contributed by atoms with Crippen LogP contribution in [0.5, 0.6) is 0 Å². The molecule has 1 aromatic rings. The van der Waals surface area contributed by atoms with E-state index in [1.165, 1.54) is 0 Å². The highest BCUT2D eigenvalue weighted by Crippen LogP contribution is 2.28. The van der Waals surface area contributed by atoms with E-state index >= 15 is 0 Å². The summed E-state index contributed by atoms with van der Waals surface area (Å²) in [6.07, 6.45) is 1.97. The molecule has 0 fully saturated rings. The van der Waals surface area contributed by atoms with Crippen LogP contribution in [0.15, 0.2) is 16.7 Å². The van der Waals surface area contributed by atoms with Crippen LogP contribution in [0.1, 0.15) is 23.0 Å². The van der Waals surface area contributed by atoms with Crippen molar-refractivity contribution in [2.45, 2.75) is 13.3 Å². The Balaban J connectivity index is 2.27. The number of carbonyl (C=O) groups excluding carboxylic acids is 2. The Morgan fingerprint density at radius 3 is 3.12 bits per heavy atom. The summed E-state index contributed by atoms with van der Waals surface area (Å²) < 4.78 is 5.60. The van der Waals surface area contributed by atoms with Gasteiger partial charge >= 0.3 is 5.97 Å². The van der Waals surface area contributed by atoms with Gasteiger partial charge in [0, 0.05) is 22.7 Å². The van der Waals surface area contributed by atoms with Crippen LogP contribution in [0.25, 0.3) is 0 Å². The average molecular weight is 284 g/mol. The van der Waals surface area contributed by atoms with E-state index in [0.29, 0.717) is 17.7 Å². The highest BCUT2D eigenvalue weighted by molar-refractivity contribution is 9.10. The van der Waals surface area contributed by atoms with Crippen molar-refractivity contribution in [3.63, 3.8) is 0 Å². The number of esters is 1. The predicted molar refractivity (Wildman–Crippen MR) is 60.1 cm³/mol. The molecule has 4 nitrogen and oxygen atoms in total. The van der Waals surface area contributed by atoms with Crippen molar-refractivity contribution in [2.24, 2.45) is 5.92 Å². The van der Waals surface area contributed by atoms with E-state index in [-0.39, 0.29) is 12.4 Å². The standard InChI is InChI=1S/C11H10BrNO3/c1-2-16-11(15)8-4-9-7(10(8)14)3-6(12)5-13-9/h3,5,8H,2,4H2,1H3. The number of aromatic nitrogens is 1. The van der Waals surface area contributed by atoms with Gasteiger partial charge in [-0.2, -0.15) is 0 Å². The van der Waals surface area contributed by atoms with Crippen LogP contribution < -0.4 is 0 Å². The fourth-order valence-electron chi connectivity index (χ4n) is 1.75. The summed E-state index contributed by atoms with van der Waals surface area (Å²) in [5, 5.41) is 0. The van der Waals surface area contributed by atoms with Gasteiger partial charge in [-0.15, -0.1) is 0 Å². The first-order valence-electron chi connectivity index (χ1n) is 4.98. The monoisotopic (exact) mass is 283 g/mol. The molecule has 1 aliphatic rings. The molecule has 1 aromatic heterocycles. The van der Waals surface area contributed by atoms with Gasteiger partial charge in [0.05, 0.1) is 12.3 Å². The molecule has 0 radical (unpaired) electrons. The Labute approximate surface area is 101 Å². The number of hydrogen-bond donors (Lipinski definition) is 0. The van der Waals surface area contributed by atoms with Crippen LogP contribution in [-0.2, 0) is 16.0 Å². The Hall–Kier alpha value is -1.23. The smallest absolute Gasteiger partial charge is 0.317 e. The van der Waals surface area contributed by atoms with E-state index in [1.54, 1.807) is 19.2 Å². The number of carbonyl (C=O) groups is 2. The van der Waals surface area contributed by atoms with Crippen LogP contribution in [-0.4, -0.2) is 23.3 Å². The maximum absolute atomic E-state index is 11.9. The zero-order chi connectivity index (χ0) is 11.7. The van der Waals surface area contributed by atoms with Crippen molar-refractivity contribution in [2.75, 3.05) is 6.61 Å². The van der Waals surface area contributed by atoms with Crippen LogP contribution >= 0.6 is 15.9 Å². The molecule has 0 N–H and O–H groups in total. The van der Waals surface area contributed by atoms with E-state index in [0.717, 1.165) is 4.47 Å². The number of fused-ring (bicyclic) bond motifs is 1. The van der Waals surface area contributed by atoms with Crippen LogP contribution in [0.3, 0.4) is 0 Å². The van der Waals surface area contributed by atoms with Gasteiger partial charge in [-0.05, 0) is 28.9 Å². The molecule has 0 aromatic carbocycles. The number of pyridine rings is 1. The molecule has 2 rings (SSSR count). The summed E-state index contributed by atoms with van der Waals surface area (Å²) in [5.74, 6) is -1.36. The summed E-state index contributed by atoms with van der Waals surface area (Å²) in [4.78, 5) is 27.6. The van der Waals surface area contributed by atoms with Crippen LogP contribution in [0.4, 0.5) is 0 Å². The molecule has 1 atom stereocenters. The van der Waals surface area contributed by atoms with Crippen molar-refractivity contribution < 1.29 is 14.3 Å². The first kappa shape index (κ1) is 11.3. The fraction of sp³-hybridized carbons (Fsp3) is 0.364. The molecule has 16 heavy (non-hydrogen) atoms. The Kier molecular flexibility index (Phi) is 3.05. The second kappa shape index (κ2) is 4.33. The summed E-state index contributed by atoms with van der Waals surface area (Å²) in [6.45, 7) is 2.01. The van der Waals surface area contributed by atoms with E-state index < -0.39 is 11.9 Å². The molecular weight excluding hydrogens is 274 g/mol. The Morgan fingerprint density at radius 1 is 1.69 bits per heavy atom. The van der Waals surface area contributed by atoms with Gasteiger partial charge in [-0.3, -0.25) is 14.6 Å². The second-order valence-corrected chi connectivity index (χ2v) is 4.44. The van der Waals surface area contributed by atoms with E-state index in [4.69, 9.17) is 4.74 Å². The minimum Gasteiger partial charge on any atom is -0.465 e. The molecule has 0 saturated heterocycles. The number of rotatable bonds is 2. The highest BCUT2D eigenvalue weighted by Gasteiger charge is 2.37. The first-order chi connectivity index (χ1) is 7.63. The third kappa shape index (κ3) is 1.87. The molecule has 0 saturated carbocycles. The molecule has 1 unspecified atom stereocenters. The summed E-state index contributed by atoms with van der Waals surface area (Å²) >= 11 is 3.25. The lowest BCUT2D eigenvalue weighted by Crippen LogP contribution is -2.23. The molecular formula is C11H10BrNO3. The largest absolute Gasteiger partial charge is 0.465 e. The van der Waals surface area contributed by atoms with Crippen LogP contribution in [0, 0.1) is 5.92 Å². The SMILES string of the molecule is CCOC(=O)C1Cc2ncc(Br)cc2C1=O. The van der Waals surface area contributed by atoms with Crippen molar-refractivity contribution in [3.05, 3.63) is 28.0 Å². The molecule has 1 heterocycles. The molecule has 0 spiro atoms. The van der Waals surface area contributed by atoms with E-state index in [9.17, 15) is 9.59 Å². The molecule has 0 bridgehead atoms. The van der Waals surface area contributed by atoms with Gasteiger partial charge in [0.2, 0.25) is 0 Å². The average Bonchev–Trinajstić information content (AvgIpc) is 2.57. The van der Waals surface area contributed by atoms with Crippen molar-refractivity contribution in [1.29, 1.82) is 0 Å². The number of ketones is 1. The van der Waals surface area contributed by atoms with Gasteiger partial charge in [0.15, 0.2) is 5.78 Å². The second-order valence-electron chi connectivity index (χ2n) is 3.52. The van der Waals surface area contributed by atoms with Gasteiger partial charge in [-0.1, -0.05) is 0 Å². The van der Waals surface area contributed by atoms with E-state index in [2.05, 4.69) is 20.9 Å². The Bertz CT molecular complexity index is 459. The third-order valence-corrected chi connectivity index (χ3v) is 2.92. The minimum atomic E-state index is -0.711. The molecule has 1 aliphatic carbocycles. The van der Waals surface area contributed by atoms with Gasteiger partial charge in [-0.25, -0.2) is 0 Å². The lowest BCUT2D eigenvalue weighted by molar-refractivity contribution is -0.145. The summed E-state index contributed by atoms with van der Waals surface area (Å²) in [6, 6.07) is 1.70. The molecule has 0 amide bonds. The number of nitrogens with zero attached hydrogens (tertiary/aromatic N) is 1. The number of halogens is 1. The third-order valence-electron chi connectivity index (χ3n) is 2.49. The lowest BCUT2D eigenvalue weighted by atomic mass is 10.1. The predicted octanol–water partition coefficient (Wildman–Crippen LogP) is 1.76. The summed E-state index contributed by atoms with van der Waals surface area (Å²) in [5.41, 5.74) is 1.19. The highest BCUT2D eigenvalue weighted by atomic mass is 79.9.